The van der Waals surface area contributed by atoms with Crippen molar-refractivity contribution >= 4 is 24.0 Å². The molecule has 0 aliphatic carbocycles. The molecule has 14 heavy (non-hydrogen) atoms. The summed E-state index contributed by atoms with van der Waals surface area (Å²) in [6.07, 6.45) is 6.38. The van der Waals surface area contributed by atoms with Crippen molar-refractivity contribution in [2.45, 2.75) is 19.6 Å². The number of rotatable bonds is 2. The monoisotopic (exact) mass is 229 g/mol. The van der Waals surface area contributed by atoms with Crippen molar-refractivity contribution in [1.82, 2.24) is 0 Å². The molecule has 0 saturated heterocycles. The summed E-state index contributed by atoms with van der Waals surface area (Å²) in [5, 5.41) is 2.17. The molecule has 1 heterocycles. The molecule has 0 atom stereocenters. The summed E-state index contributed by atoms with van der Waals surface area (Å²) in [6, 6.07) is 0. The van der Waals surface area contributed by atoms with E-state index in [9.17, 15) is 4.79 Å². The molecule has 0 unspecified atom stereocenters. The fourth-order valence-electron chi connectivity index (χ4n) is 2.05. The first-order valence-corrected chi connectivity index (χ1v) is 10.6. The number of hydrogen-bond donors (Lipinski definition) is 1. The molecule has 1 aliphatic heterocycles. The second kappa shape index (κ2) is 3.27. The number of primary amides is 1. The van der Waals surface area contributed by atoms with Crippen molar-refractivity contribution in [2.24, 2.45) is 5.73 Å². The third kappa shape index (κ3) is 1.96. The van der Waals surface area contributed by atoms with Gasteiger partial charge < -0.3 is 5.73 Å². The van der Waals surface area contributed by atoms with Crippen molar-refractivity contribution in [1.29, 1.82) is 0 Å². The van der Waals surface area contributed by atoms with Gasteiger partial charge in [-0.3, -0.25) is 4.79 Å². The van der Waals surface area contributed by atoms with E-state index in [1.54, 1.807) is 0 Å². The van der Waals surface area contributed by atoms with Gasteiger partial charge >= 0.3 is 0 Å². The van der Waals surface area contributed by atoms with Crippen molar-refractivity contribution in [2.75, 3.05) is 12.5 Å². The lowest BCUT2D eigenvalue weighted by Gasteiger charge is -2.35. The maximum Gasteiger partial charge on any atom is 0.249 e. The lowest BCUT2D eigenvalue weighted by molar-refractivity contribution is -0.114. The molecule has 0 aromatic rings. The smallest absolute Gasteiger partial charge is 0.249 e. The Morgan fingerprint density at radius 1 is 1.36 bits per heavy atom. The van der Waals surface area contributed by atoms with Gasteiger partial charge in [0.15, 0.2) is 0 Å². The van der Waals surface area contributed by atoms with E-state index in [-0.39, 0.29) is 5.91 Å². The molecule has 0 radical (unpaired) electrons. The molecule has 1 rings (SSSR count). The van der Waals surface area contributed by atoms with Gasteiger partial charge in [0.05, 0.1) is 8.07 Å². The van der Waals surface area contributed by atoms with Gasteiger partial charge in [-0.15, -0.1) is 0 Å². The Labute approximate surface area is 88.6 Å². The van der Waals surface area contributed by atoms with Crippen LogP contribution in [0, 0.1) is 0 Å². The van der Waals surface area contributed by atoms with E-state index in [2.05, 4.69) is 37.6 Å². The van der Waals surface area contributed by atoms with E-state index >= 15 is 0 Å². The molecule has 0 fully saturated rings. The molecule has 2 N–H and O–H groups in total. The number of carbonyl (C=O) groups excluding carboxylic acids is 1. The summed E-state index contributed by atoms with van der Waals surface area (Å²) in [5.41, 5.74) is 6.18. The highest BCUT2D eigenvalue weighted by Gasteiger charge is 2.35. The summed E-state index contributed by atoms with van der Waals surface area (Å²) in [7, 11) is -2.31. The van der Waals surface area contributed by atoms with Gasteiger partial charge in [0.25, 0.3) is 0 Å². The van der Waals surface area contributed by atoms with Crippen molar-refractivity contribution in [3.8, 4) is 0 Å². The topological polar surface area (TPSA) is 43.1 Å². The summed E-state index contributed by atoms with van der Waals surface area (Å²) >= 11 is 0. The van der Waals surface area contributed by atoms with Crippen LogP contribution < -0.4 is 5.73 Å². The van der Waals surface area contributed by atoms with E-state index in [4.69, 9.17) is 5.73 Å². The lowest BCUT2D eigenvalue weighted by Crippen LogP contribution is -2.29. The minimum Gasteiger partial charge on any atom is -0.366 e. The molecule has 2 nitrogen and oxygen atoms in total. The predicted octanol–water partition coefficient (Wildman–Crippen LogP) is 2.19. The third-order valence-corrected chi connectivity index (χ3v) is 9.43. The molecule has 0 aromatic carbocycles. The zero-order valence-corrected chi connectivity index (χ0v) is 11.4. The van der Waals surface area contributed by atoms with Crippen LogP contribution in [-0.4, -0.2) is 26.5 Å². The van der Waals surface area contributed by atoms with Crippen LogP contribution in [0.25, 0.3) is 0 Å². The van der Waals surface area contributed by atoms with E-state index in [0.29, 0.717) is 0 Å². The number of amides is 1. The Balaban J connectivity index is 3.32. The number of hydrogen-bond acceptors (Lipinski definition) is 1. The van der Waals surface area contributed by atoms with Crippen LogP contribution in [0.5, 0.6) is 0 Å². The quantitative estimate of drug-likeness (QED) is 0.725. The van der Waals surface area contributed by atoms with Crippen LogP contribution in [0.15, 0.2) is 21.6 Å². The fraction of sp³-hybridized carbons (Fsp3) is 0.500. The van der Waals surface area contributed by atoms with Crippen LogP contribution in [0.2, 0.25) is 19.6 Å². The lowest BCUT2D eigenvalue weighted by atomic mass is 10.3. The largest absolute Gasteiger partial charge is 0.366 e. The van der Waals surface area contributed by atoms with Gasteiger partial charge in [0.1, 0.15) is 0 Å². The van der Waals surface area contributed by atoms with E-state index < -0.39 is 18.1 Å². The standard InChI is InChI=1S/C10H19NOSSi/c1-13(2)7-6-8(9(11)12)10(13)14(3,4)5/h6-7H,1-5H3,(H2,11,12). The van der Waals surface area contributed by atoms with Crippen LogP contribution in [-0.2, 0) is 4.79 Å². The third-order valence-electron chi connectivity index (χ3n) is 2.29. The van der Waals surface area contributed by atoms with Gasteiger partial charge in [-0.1, -0.05) is 19.6 Å². The molecular weight excluding hydrogens is 210 g/mol. The maximum absolute atomic E-state index is 11.3. The van der Waals surface area contributed by atoms with Crippen LogP contribution in [0.3, 0.4) is 0 Å². The summed E-state index contributed by atoms with van der Waals surface area (Å²) in [5.74, 6) is -0.267. The average Bonchev–Trinajstić information content (AvgIpc) is 2.23. The Kier molecular flexibility index (Phi) is 2.71. The Hall–Kier alpha value is -0.483. The minimum absolute atomic E-state index is 0.267. The van der Waals surface area contributed by atoms with Crippen LogP contribution >= 0.6 is 10.0 Å². The molecule has 0 spiro atoms. The summed E-state index contributed by atoms with van der Waals surface area (Å²) in [6.45, 7) is 6.81. The first kappa shape index (κ1) is 11.6. The van der Waals surface area contributed by atoms with Gasteiger partial charge in [-0.2, -0.15) is 0 Å². The minimum atomic E-state index is -1.43. The zero-order chi connectivity index (χ0) is 11.1. The van der Waals surface area contributed by atoms with Gasteiger partial charge in [-0.05, 0) is 28.5 Å². The number of nitrogens with two attached hydrogens (primary N) is 1. The predicted molar refractivity (Wildman–Crippen MR) is 68.1 cm³/mol. The van der Waals surface area contributed by atoms with Crippen LogP contribution in [0.1, 0.15) is 0 Å². The van der Waals surface area contributed by atoms with E-state index in [1.807, 2.05) is 6.08 Å². The van der Waals surface area contributed by atoms with Gasteiger partial charge in [0.2, 0.25) is 5.91 Å². The molecule has 0 aromatic heterocycles. The molecule has 1 aliphatic rings. The Morgan fingerprint density at radius 2 is 1.86 bits per heavy atom. The first-order valence-electron chi connectivity index (χ1n) is 4.62. The average molecular weight is 229 g/mol. The Morgan fingerprint density at radius 3 is 2.14 bits per heavy atom. The highest BCUT2D eigenvalue weighted by atomic mass is 32.3. The highest BCUT2D eigenvalue weighted by Crippen LogP contribution is 2.58. The molecule has 1 amide bonds. The zero-order valence-electron chi connectivity index (χ0n) is 9.55. The number of carbonyl (C=O) groups is 1. The van der Waals surface area contributed by atoms with E-state index in [1.165, 1.54) is 4.53 Å². The second-order valence-electron chi connectivity index (χ2n) is 5.07. The van der Waals surface area contributed by atoms with Crippen LogP contribution in [0.4, 0.5) is 0 Å². The van der Waals surface area contributed by atoms with Crippen molar-refractivity contribution in [3.05, 3.63) is 21.6 Å². The van der Waals surface area contributed by atoms with Crippen molar-refractivity contribution in [3.63, 3.8) is 0 Å². The van der Waals surface area contributed by atoms with E-state index in [0.717, 1.165) is 5.57 Å². The van der Waals surface area contributed by atoms with Gasteiger partial charge in [0, 0.05) is 5.57 Å². The molecule has 0 saturated carbocycles. The Bertz CT molecular complexity index is 337. The molecule has 0 bridgehead atoms. The molecular formula is C10H19NOSSi. The fourth-order valence-corrected chi connectivity index (χ4v) is 10.9. The van der Waals surface area contributed by atoms with Gasteiger partial charge in [-0.25, -0.2) is 10.0 Å². The summed E-state index contributed by atoms with van der Waals surface area (Å²) in [4.78, 5) is 11.3. The highest BCUT2D eigenvalue weighted by molar-refractivity contribution is 8.39. The second-order valence-corrected chi connectivity index (χ2v) is 13.9. The SMILES string of the molecule is C[Si](C)(C)C1=C(C(N)=O)C=CS1(C)C. The first-order chi connectivity index (χ1) is 6.16. The maximum atomic E-state index is 11.3. The van der Waals surface area contributed by atoms with Crippen molar-refractivity contribution < 1.29 is 4.79 Å². The molecule has 4 heteroatoms. The molecule has 80 valence electrons. The normalized spacial score (nSPS) is 22.6. The summed E-state index contributed by atoms with van der Waals surface area (Å²) < 4.78 is 1.36.